The van der Waals surface area contributed by atoms with Crippen LogP contribution >= 0.6 is 23.7 Å². The Morgan fingerprint density at radius 2 is 2.00 bits per heavy atom. The van der Waals surface area contributed by atoms with Crippen LogP contribution in [0, 0.1) is 0 Å². The third-order valence-electron chi connectivity index (χ3n) is 3.57. The summed E-state index contributed by atoms with van der Waals surface area (Å²) in [6, 6.07) is 9.25. The fourth-order valence-electron chi connectivity index (χ4n) is 2.37. The van der Waals surface area contributed by atoms with Crippen LogP contribution in [0.15, 0.2) is 39.9 Å². The molecule has 0 bridgehead atoms. The highest BCUT2D eigenvalue weighted by Gasteiger charge is 2.16. The highest BCUT2D eigenvalue weighted by atomic mass is 35.5. The SMILES string of the molecule is Cl.O=C(CNS(=O)(=O)c1cccs1)NCc1ccc2c(c1)CNC2. The second-order valence-electron chi connectivity index (χ2n) is 5.24. The Bertz CT molecular complexity index is 807. The molecule has 9 heteroatoms. The molecule has 1 aromatic heterocycles. The molecule has 3 rings (SSSR count). The van der Waals surface area contributed by atoms with Crippen molar-refractivity contribution in [2.24, 2.45) is 0 Å². The van der Waals surface area contributed by atoms with E-state index in [0.717, 1.165) is 30.0 Å². The topological polar surface area (TPSA) is 87.3 Å². The van der Waals surface area contributed by atoms with Gasteiger partial charge in [-0.3, -0.25) is 4.79 Å². The van der Waals surface area contributed by atoms with Crippen LogP contribution in [0.1, 0.15) is 16.7 Å². The van der Waals surface area contributed by atoms with Crippen molar-refractivity contribution < 1.29 is 13.2 Å². The number of thiophene rings is 1. The second kappa shape index (κ2) is 8.09. The summed E-state index contributed by atoms with van der Waals surface area (Å²) < 4.78 is 26.3. The molecule has 0 fully saturated rings. The lowest BCUT2D eigenvalue weighted by Crippen LogP contribution is -2.36. The van der Waals surface area contributed by atoms with Gasteiger partial charge in [-0.2, -0.15) is 0 Å². The molecule has 1 aliphatic rings. The van der Waals surface area contributed by atoms with Gasteiger partial charge in [0.1, 0.15) is 4.21 Å². The van der Waals surface area contributed by atoms with Crippen LogP contribution in [-0.2, 0) is 34.5 Å². The van der Waals surface area contributed by atoms with Crippen molar-refractivity contribution in [3.05, 3.63) is 52.4 Å². The van der Waals surface area contributed by atoms with E-state index < -0.39 is 10.0 Å². The highest BCUT2D eigenvalue weighted by Crippen LogP contribution is 2.17. The first kappa shape index (κ1) is 18.9. The molecular weight excluding hydrogens is 370 g/mol. The number of carbonyl (C=O) groups is 1. The minimum absolute atomic E-state index is 0. The average Bonchev–Trinajstić information content (AvgIpc) is 3.21. The van der Waals surface area contributed by atoms with Crippen molar-refractivity contribution in [1.29, 1.82) is 0 Å². The number of carbonyl (C=O) groups excluding carboxylic acids is 1. The van der Waals surface area contributed by atoms with Gasteiger partial charge < -0.3 is 10.6 Å². The largest absolute Gasteiger partial charge is 0.351 e. The lowest BCUT2D eigenvalue weighted by atomic mass is 10.1. The summed E-state index contributed by atoms with van der Waals surface area (Å²) in [4.78, 5) is 11.8. The minimum atomic E-state index is -3.60. The Morgan fingerprint density at radius 3 is 2.75 bits per heavy atom. The van der Waals surface area contributed by atoms with Crippen molar-refractivity contribution in [3.63, 3.8) is 0 Å². The van der Waals surface area contributed by atoms with E-state index in [1.807, 2.05) is 6.07 Å². The van der Waals surface area contributed by atoms with E-state index in [2.05, 4.69) is 27.5 Å². The first-order valence-electron chi connectivity index (χ1n) is 7.16. The first-order valence-corrected chi connectivity index (χ1v) is 9.52. The molecular formula is C15H18ClN3O3S2. The molecule has 0 aliphatic carbocycles. The fourth-order valence-corrected chi connectivity index (χ4v) is 4.39. The summed E-state index contributed by atoms with van der Waals surface area (Å²) in [6.45, 7) is 1.84. The Balaban J connectivity index is 0.00000208. The van der Waals surface area contributed by atoms with Crippen LogP contribution in [0.4, 0.5) is 0 Å². The number of nitrogens with one attached hydrogen (secondary N) is 3. The smallest absolute Gasteiger partial charge is 0.250 e. The fraction of sp³-hybridized carbons (Fsp3) is 0.267. The normalized spacial score (nSPS) is 13.2. The number of amides is 1. The van der Waals surface area contributed by atoms with Crippen LogP contribution in [0.5, 0.6) is 0 Å². The molecule has 2 heterocycles. The molecule has 1 amide bonds. The van der Waals surface area contributed by atoms with Gasteiger partial charge in [-0.1, -0.05) is 24.3 Å². The van der Waals surface area contributed by atoms with Crippen molar-refractivity contribution in [2.75, 3.05) is 6.54 Å². The van der Waals surface area contributed by atoms with Crippen LogP contribution < -0.4 is 15.4 Å². The van der Waals surface area contributed by atoms with Gasteiger partial charge in [0.25, 0.3) is 10.0 Å². The van der Waals surface area contributed by atoms with E-state index in [4.69, 9.17) is 0 Å². The summed E-state index contributed by atoms with van der Waals surface area (Å²) in [5.74, 6) is -0.358. The standard InChI is InChI=1S/C15H17N3O3S2.ClH/c19-14(10-18-23(20,21)15-2-1-5-22-15)17-7-11-3-4-12-8-16-9-13(12)6-11;/h1-6,16,18H,7-10H2,(H,17,19);1H. The summed E-state index contributed by atoms with van der Waals surface area (Å²) in [5.41, 5.74) is 3.53. The van der Waals surface area contributed by atoms with E-state index in [1.54, 1.807) is 11.4 Å². The molecule has 0 unspecified atom stereocenters. The van der Waals surface area contributed by atoms with Gasteiger partial charge >= 0.3 is 0 Å². The van der Waals surface area contributed by atoms with Gasteiger partial charge in [0.05, 0.1) is 6.54 Å². The molecule has 0 spiro atoms. The van der Waals surface area contributed by atoms with Crippen LogP contribution in [0.2, 0.25) is 0 Å². The Morgan fingerprint density at radius 1 is 1.21 bits per heavy atom. The molecule has 0 atom stereocenters. The molecule has 6 nitrogen and oxygen atoms in total. The molecule has 24 heavy (non-hydrogen) atoms. The summed E-state index contributed by atoms with van der Waals surface area (Å²) >= 11 is 1.11. The van der Waals surface area contributed by atoms with Crippen molar-refractivity contribution >= 4 is 39.7 Å². The van der Waals surface area contributed by atoms with E-state index in [0.29, 0.717) is 6.54 Å². The maximum absolute atomic E-state index is 11.9. The molecule has 1 aliphatic heterocycles. The molecule has 130 valence electrons. The molecule has 0 saturated heterocycles. The zero-order valence-corrected chi connectivity index (χ0v) is 15.2. The third-order valence-corrected chi connectivity index (χ3v) is 6.37. The highest BCUT2D eigenvalue weighted by molar-refractivity contribution is 7.91. The lowest BCUT2D eigenvalue weighted by molar-refractivity contribution is -0.120. The lowest BCUT2D eigenvalue weighted by Gasteiger charge is -2.08. The Kier molecular flexibility index (Phi) is 6.36. The minimum Gasteiger partial charge on any atom is -0.351 e. The zero-order chi connectivity index (χ0) is 16.3. The van der Waals surface area contributed by atoms with Gasteiger partial charge in [0.15, 0.2) is 0 Å². The number of sulfonamides is 1. The summed E-state index contributed by atoms with van der Waals surface area (Å²) in [6.07, 6.45) is 0. The van der Waals surface area contributed by atoms with E-state index in [1.165, 1.54) is 17.2 Å². The average molecular weight is 388 g/mol. The Hall–Kier alpha value is -1.45. The summed E-state index contributed by atoms with van der Waals surface area (Å²) in [7, 11) is -3.60. The van der Waals surface area contributed by atoms with Crippen LogP contribution in [0.3, 0.4) is 0 Å². The Labute approximate surface area is 151 Å². The van der Waals surface area contributed by atoms with E-state index >= 15 is 0 Å². The number of benzene rings is 1. The van der Waals surface area contributed by atoms with E-state index in [-0.39, 0.29) is 29.1 Å². The monoisotopic (exact) mass is 387 g/mol. The third kappa shape index (κ3) is 4.55. The number of fused-ring (bicyclic) bond motifs is 1. The second-order valence-corrected chi connectivity index (χ2v) is 8.18. The number of rotatable bonds is 6. The predicted octanol–water partition coefficient (Wildman–Crippen LogP) is 1.37. The van der Waals surface area contributed by atoms with Crippen molar-refractivity contribution in [2.45, 2.75) is 23.8 Å². The predicted molar refractivity (Wildman–Crippen MR) is 95.6 cm³/mol. The van der Waals surface area contributed by atoms with E-state index in [9.17, 15) is 13.2 Å². The zero-order valence-electron chi connectivity index (χ0n) is 12.7. The van der Waals surface area contributed by atoms with Gasteiger partial charge in [0.2, 0.25) is 5.91 Å². The number of hydrogen-bond donors (Lipinski definition) is 3. The maximum atomic E-state index is 11.9. The first-order chi connectivity index (χ1) is 11.0. The quantitative estimate of drug-likeness (QED) is 0.698. The molecule has 2 aromatic rings. The van der Waals surface area contributed by atoms with Gasteiger partial charge in [-0.25, -0.2) is 13.1 Å². The maximum Gasteiger partial charge on any atom is 0.250 e. The molecule has 0 radical (unpaired) electrons. The van der Waals surface area contributed by atoms with Crippen LogP contribution in [-0.4, -0.2) is 20.9 Å². The molecule has 1 aromatic carbocycles. The van der Waals surface area contributed by atoms with Gasteiger partial charge in [-0.15, -0.1) is 23.7 Å². The van der Waals surface area contributed by atoms with Gasteiger partial charge in [0, 0.05) is 19.6 Å². The van der Waals surface area contributed by atoms with Crippen molar-refractivity contribution in [1.82, 2.24) is 15.4 Å². The van der Waals surface area contributed by atoms with Crippen LogP contribution in [0.25, 0.3) is 0 Å². The number of halogens is 1. The number of hydrogen-bond acceptors (Lipinski definition) is 5. The van der Waals surface area contributed by atoms with Crippen molar-refractivity contribution in [3.8, 4) is 0 Å². The molecule has 3 N–H and O–H groups in total. The summed E-state index contributed by atoms with van der Waals surface area (Å²) in [5, 5.41) is 7.67. The van der Waals surface area contributed by atoms with Gasteiger partial charge in [-0.05, 0) is 28.1 Å². The molecule has 0 saturated carbocycles.